The molecule has 0 aliphatic carbocycles. The van der Waals surface area contributed by atoms with Gasteiger partial charge in [-0.25, -0.2) is 0 Å². The Morgan fingerprint density at radius 3 is 1.64 bits per heavy atom. The van der Waals surface area contributed by atoms with E-state index in [1.807, 2.05) is 0 Å². The molecule has 0 amide bonds. The molecule has 0 aromatic carbocycles. The van der Waals surface area contributed by atoms with E-state index in [0.29, 0.717) is 17.9 Å². The highest BCUT2D eigenvalue weighted by Gasteiger charge is 2.39. The van der Waals surface area contributed by atoms with Gasteiger partial charge in [0.05, 0.1) is 11.2 Å². The highest BCUT2D eigenvalue weighted by Crippen LogP contribution is 2.44. The highest BCUT2D eigenvalue weighted by molar-refractivity contribution is 7.94. The number of halogens is 1. The monoisotopic (exact) mass is 376 g/mol. The zero-order chi connectivity index (χ0) is 19.9. The molecule has 0 atom stereocenters. The van der Waals surface area contributed by atoms with Crippen LogP contribution in [0.15, 0.2) is 0 Å². The molecule has 3 heteroatoms. The van der Waals surface area contributed by atoms with E-state index in [1.165, 1.54) is 25.7 Å². The number of hydrogen-bond donors (Lipinski definition) is 0. The third kappa shape index (κ3) is 10.2. The minimum absolute atomic E-state index is 0.0680. The van der Waals surface area contributed by atoms with Crippen LogP contribution in [0.5, 0.6) is 0 Å². The first-order valence-electron chi connectivity index (χ1n) is 10.1. The van der Waals surface area contributed by atoms with Crippen LogP contribution >= 0.6 is 12.1 Å². The van der Waals surface area contributed by atoms with Gasteiger partial charge in [0.2, 0.25) is 0 Å². The van der Waals surface area contributed by atoms with Gasteiger partial charge in [-0.15, -0.1) is 0 Å². The minimum atomic E-state index is -0.260. The number of ether oxygens (including phenoxy) is 1. The molecule has 1 nitrogen and oxygen atoms in total. The SMILES string of the molecule is CCCC(CCC)C(C)(C)CC(C)(C)OC(C)(C)CC(C)(C)CSF. The van der Waals surface area contributed by atoms with Gasteiger partial charge in [-0.05, 0) is 57.3 Å². The van der Waals surface area contributed by atoms with Gasteiger partial charge in [-0.3, -0.25) is 0 Å². The summed E-state index contributed by atoms with van der Waals surface area (Å²) >= 11 is 0.437. The first kappa shape index (κ1) is 25.2. The van der Waals surface area contributed by atoms with E-state index in [2.05, 4.69) is 69.2 Å². The molecule has 0 radical (unpaired) electrons. The van der Waals surface area contributed by atoms with Crippen molar-refractivity contribution in [1.29, 1.82) is 0 Å². The lowest BCUT2D eigenvalue weighted by molar-refractivity contribution is -0.154. The molecule has 0 aliphatic heterocycles. The second kappa shape index (κ2) is 9.97. The summed E-state index contributed by atoms with van der Waals surface area (Å²) in [6, 6.07) is 0. The molecular formula is C22H45FOS. The van der Waals surface area contributed by atoms with Crippen molar-refractivity contribution in [3.8, 4) is 0 Å². The van der Waals surface area contributed by atoms with Crippen molar-refractivity contribution in [3.63, 3.8) is 0 Å². The summed E-state index contributed by atoms with van der Waals surface area (Å²) in [6.45, 7) is 22.4. The molecule has 25 heavy (non-hydrogen) atoms. The fraction of sp³-hybridized carbons (Fsp3) is 1.00. The number of rotatable bonds is 13. The first-order chi connectivity index (χ1) is 11.2. The van der Waals surface area contributed by atoms with Gasteiger partial charge < -0.3 is 4.74 Å². The summed E-state index contributed by atoms with van der Waals surface area (Å²) in [7, 11) is 0. The van der Waals surface area contributed by atoms with Gasteiger partial charge in [0.25, 0.3) is 0 Å². The smallest absolute Gasteiger partial charge is 0.0639 e. The van der Waals surface area contributed by atoms with Crippen LogP contribution in [0.4, 0.5) is 3.89 Å². The third-order valence-electron chi connectivity index (χ3n) is 5.16. The van der Waals surface area contributed by atoms with E-state index in [1.54, 1.807) is 0 Å². The molecule has 0 saturated heterocycles. The second-order valence-corrected chi connectivity index (χ2v) is 11.2. The molecule has 0 heterocycles. The van der Waals surface area contributed by atoms with Crippen LogP contribution in [-0.4, -0.2) is 17.0 Å². The van der Waals surface area contributed by atoms with Crippen LogP contribution in [0, 0.1) is 16.7 Å². The fourth-order valence-electron chi connectivity index (χ4n) is 5.04. The average Bonchev–Trinajstić information content (AvgIpc) is 2.33. The zero-order valence-electron chi connectivity index (χ0n) is 18.7. The van der Waals surface area contributed by atoms with E-state index >= 15 is 0 Å². The van der Waals surface area contributed by atoms with Gasteiger partial charge in [0.15, 0.2) is 0 Å². The lowest BCUT2D eigenvalue weighted by Gasteiger charge is -2.45. The van der Waals surface area contributed by atoms with Crippen molar-refractivity contribution in [1.82, 2.24) is 0 Å². The van der Waals surface area contributed by atoms with Gasteiger partial charge >= 0.3 is 0 Å². The van der Waals surface area contributed by atoms with Crippen molar-refractivity contribution in [3.05, 3.63) is 0 Å². The fourth-order valence-corrected chi connectivity index (χ4v) is 5.43. The van der Waals surface area contributed by atoms with E-state index in [4.69, 9.17) is 4.74 Å². The maximum absolute atomic E-state index is 12.7. The Hall–Kier alpha value is 0.240. The van der Waals surface area contributed by atoms with Crippen LogP contribution < -0.4 is 0 Å². The van der Waals surface area contributed by atoms with Crippen molar-refractivity contribution in [2.75, 3.05) is 5.75 Å². The van der Waals surface area contributed by atoms with Crippen LogP contribution in [0.2, 0.25) is 0 Å². The highest BCUT2D eigenvalue weighted by atomic mass is 32.2. The normalized spacial score (nSPS) is 14.4. The van der Waals surface area contributed by atoms with E-state index in [9.17, 15) is 3.89 Å². The summed E-state index contributed by atoms with van der Waals surface area (Å²) in [4.78, 5) is 0. The standard InChI is InChI=1S/C22H45FOS/c1-11-13-18(14-12-2)20(5,6)16-22(9,10)24-21(7,8)15-19(3,4)17-25-23/h18H,11-17H2,1-10H3. The van der Waals surface area contributed by atoms with Crippen LogP contribution in [-0.2, 0) is 4.74 Å². The van der Waals surface area contributed by atoms with Crippen molar-refractivity contribution in [2.45, 2.75) is 119 Å². The Balaban J connectivity index is 5.04. The Kier molecular flexibility index (Phi) is 10.1. The molecule has 0 saturated carbocycles. The molecule has 0 N–H and O–H groups in total. The molecule has 0 aliphatic rings. The molecule has 0 spiro atoms. The summed E-state index contributed by atoms with van der Waals surface area (Å²) in [5.41, 5.74) is -0.257. The Bertz CT molecular complexity index is 368. The third-order valence-corrected chi connectivity index (χ3v) is 6.05. The predicted octanol–water partition coefficient (Wildman–Crippen LogP) is 8.23. The van der Waals surface area contributed by atoms with Crippen molar-refractivity contribution >= 4 is 12.1 Å². The summed E-state index contributed by atoms with van der Waals surface area (Å²) < 4.78 is 19.4. The Labute approximate surface area is 162 Å². The van der Waals surface area contributed by atoms with Gasteiger partial charge in [-0.2, -0.15) is 3.89 Å². The minimum Gasteiger partial charge on any atom is -0.370 e. The molecule has 0 unspecified atom stereocenters. The van der Waals surface area contributed by atoms with Crippen LogP contribution in [0.3, 0.4) is 0 Å². The first-order valence-corrected chi connectivity index (χ1v) is 11.0. The van der Waals surface area contributed by atoms with Gasteiger partial charge in [0.1, 0.15) is 0 Å². The largest absolute Gasteiger partial charge is 0.370 e. The summed E-state index contributed by atoms with van der Waals surface area (Å²) in [6.07, 6.45) is 6.98. The maximum atomic E-state index is 12.7. The maximum Gasteiger partial charge on any atom is 0.0639 e. The Morgan fingerprint density at radius 1 is 0.800 bits per heavy atom. The predicted molar refractivity (Wildman–Crippen MR) is 113 cm³/mol. The molecule has 0 rings (SSSR count). The van der Waals surface area contributed by atoms with Gasteiger partial charge in [0, 0.05) is 17.9 Å². The molecule has 152 valence electrons. The van der Waals surface area contributed by atoms with Crippen molar-refractivity contribution < 1.29 is 8.62 Å². The summed E-state index contributed by atoms with van der Waals surface area (Å²) in [5.74, 6) is 1.26. The summed E-state index contributed by atoms with van der Waals surface area (Å²) in [5, 5.41) is 0. The van der Waals surface area contributed by atoms with Crippen LogP contribution in [0.25, 0.3) is 0 Å². The van der Waals surface area contributed by atoms with Crippen LogP contribution in [0.1, 0.15) is 108 Å². The lowest BCUT2D eigenvalue weighted by Crippen LogP contribution is -2.44. The molecule has 0 bridgehead atoms. The van der Waals surface area contributed by atoms with E-state index in [0.717, 1.165) is 18.8 Å². The topological polar surface area (TPSA) is 9.23 Å². The molecule has 0 aromatic rings. The zero-order valence-corrected chi connectivity index (χ0v) is 19.5. The average molecular weight is 377 g/mol. The quantitative estimate of drug-likeness (QED) is 0.320. The Morgan fingerprint density at radius 2 is 1.24 bits per heavy atom. The van der Waals surface area contributed by atoms with Crippen molar-refractivity contribution in [2.24, 2.45) is 16.7 Å². The molecule has 0 aromatic heterocycles. The molecule has 0 fully saturated rings. The lowest BCUT2D eigenvalue weighted by atomic mass is 9.68. The number of hydrogen-bond acceptors (Lipinski definition) is 2. The van der Waals surface area contributed by atoms with E-state index < -0.39 is 0 Å². The second-order valence-electron chi connectivity index (χ2n) is 10.7. The van der Waals surface area contributed by atoms with E-state index in [-0.39, 0.29) is 22.0 Å². The van der Waals surface area contributed by atoms with Gasteiger partial charge in [-0.1, -0.05) is 67.2 Å². The molecular weight excluding hydrogens is 331 g/mol.